The van der Waals surface area contributed by atoms with Gasteiger partial charge in [-0.2, -0.15) is 0 Å². The number of para-hydroxylation sites is 1. The van der Waals surface area contributed by atoms with Crippen LogP contribution in [0.5, 0.6) is 0 Å². The maximum Gasteiger partial charge on any atom is 0.251 e. The summed E-state index contributed by atoms with van der Waals surface area (Å²) in [7, 11) is 0. The van der Waals surface area contributed by atoms with Gasteiger partial charge in [0, 0.05) is 36.6 Å². The highest BCUT2D eigenvalue weighted by Gasteiger charge is 2.73. The number of hydrogen-bond donors (Lipinski definition) is 1. The summed E-state index contributed by atoms with van der Waals surface area (Å²) in [6, 6.07) is 5.16. The number of aryl methyl sites for hydroxylation is 2. The first-order chi connectivity index (χ1) is 17.2. The van der Waals surface area contributed by atoms with Crippen LogP contribution in [0.3, 0.4) is 0 Å². The molecule has 4 aliphatic rings. The van der Waals surface area contributed by atoms with E-state index < -0.39 is 27.4 Å². The molecule has 4 aliphatic heterocycles. The molecule has 7 nitrogen and oxygen atoms in total. The maximum atomic E-state index is 14.4. The molecule has 192 valence electrons. The number of rotatable bonds is 5. The first-order valence-electron chi connectivity index (χ1n) is 12.8. The van der Waals surface area contributed by atoms with E-state index in [1.165, 1.54) is 0 Å². The van der Waals surface area contributed by atoms with E-state index in [9.17, 15) is 19.5 Å². The lowest BCUT2D eigenvalue weighted by molar-refractivity contribution is -0.143. The van der Waals surface area contributed by atoms with Gasteiger partial charge >= 0.3 is 0 Å². The molecule has 1 spiro atoms. The molecular weight excluding hydrogens is 474 g/mol. The third-order valence-electron chi connectivity index (χ3n) is 8.18. The van der Waals surface area contributed by atoms with Gasteiger partial charge in [0.05, 0.1) is 23.2 Å². The van der Waals surface area contributed by atoms with Gasteiger partial charge in [0.1, 0.15) is 6.04 Å². The van der Waals surface area contributed by atoms with Gasteiger partial charge in [-0.15, -0.1) is 11.8 Å². The Morgan fingerprint density at radius 3 is 2.33 bits per heavy atom. The van der Waals surface area contributed by atoms with Crippen LogP contribution in [0, 0.1) is 25.7 Å². The minimum atomic E-state index is -0.886. The molecule has 0 aliphatic carbocycles. The zero-order valence-corrected chi connectivity index (χ0v) is 22.3. The molecule has 2 saturated heterocycles. The first-order valence-corrected chi connectivity index (χ1v) is 13.6. The number of hydrogen-bond acceptors (Lipinski definition) is 5. The van der Waals surface area contributed by atoms with Crippen molar-refractivity contribution in [3.8, 4) is 0 Å². The van der Waals surface area contributed by atoms with Gasteiger partial charge < -0.3 is 19.8 Å². The number of amides is 3. The fourth-order valence-electron chi connectivity index (χ4n) is 6.82. The van der Waals surface area contributed by atoms with Crippen LogP contribution < -0.4 is 4.90 Å². The van der Waals surface area contributed by atoms with Crippen LogP contribution in [0.15, 0.2) is 42.5 Å². The third kappa shape index (κ3) is 3.48. The number of likely N-dealkylation sites (tertiary alicyclic amines) is 1. The minimum Gasteiger partial charge on any atom is -0.395 e. The number of nitrogens with zero attached hydrogens (tertiary/aromatic N) is 3. The summed E-state index contributed by atoms with van der Waals surface area (Å²) in [6.07, 6.45) is 8.97. The standard InChI is InChI=1S/C28H35N3O4S/c1-5-13-29-14-7-11-27(4)20(24(29)33)21-25(34)31(16-17-32)23-26(35)30(15-8-12-28(21,23)36-27)22-18(2)9-6-10-19(22)3/h6-12,20-21,23,32H,5,13-17H2,1-4H3/t20-,21+,23?,27+,28+/m1/s1. The van der Waals surface area contributed by atoms with Crippen LogP contribution in [0.2, 0.25) is 0 Å². The number of carbonyl (C=O) groups is 3. The molecule has 5 rings (SSSR count). The highest BCUT2D eigenvalue weighted by Crippen LogP contribution is 2.65. The van der Waals surface area contributed by atoms with Crippen LogP contribution in [0.4, 0.5) is 5.69 Å². The molecule has 3 amide bonds. The summed E-state index contributed by atoms with van der Waals surface area (Å²) in [5, 5.41) is 9.89. The molecule has 0 saturated carbocycles. The Balaban J connectivity index is 1.65. The average molecular weight is 510 g/mol. The molecule has 1 aromatic carbocycles. The summed E-state index contributed by atoms with van der Waals surface area (Å²) in [6.45, 7) is 9.44. The van der Waals surface area contributed by atoms with Crippen molar-refractivity contribution in [1.29, 1.82) is 0 Å². The minimum absolute atomic E-state index is 0.0200. The Kier molecular flexibility index (Phi) is 6.32. The second-order valence-corrected chi connectivity index (χ2v) is 12.3. The quantitative estimate of drug-likeness (QED) is 0.618. The Morgan fingerprint density at radius 2 is 1.67 bits per heavy atom. The van der Waals surface area contributed by atoms with Gasteiger partial charge in [-0.3, -0.25) is 14.4 Å². The van der Waals surface area contributed by atoms with Crippen molar-refractivity contribution in [1.82, 2.24) is 9.80 Å². The van der Waals surface area contributed by atoms with Crippen molar-refractivity contribution in [2.24, 2.45) is 11.8 Å². The van der Waals surface area contributed by atoms with Crippen LogP contribution in [0.25, 0.3) is 0 Å². The number of fused-ring (bicyclic) bond motifs is 2. The molecule has 0 bridgehead atoms. The lowest BCUT2D eigenvalue weighted by atomic mass is 9.74. The predicted molar refractivity (Wildman–Crippen MR) is 142 cm³/mol. The van der Waals surface area contributed by atoms with Gasteiger partial charge in [0.2, 0.25) is 11.8 Å². The van der Waals surface area contributed by atoms with E-state index >= 15 is 0 Å². The van der Waals surface area contributed by atoms with E-state index in [4.69, 9.17) is 0 Å². The molecule has 4 heterocycles. The summed E-state index contributed by atoms with van der Waals surface area (Å²) in [4.78, 5) is 47.6. The average Bonchev–Trinajstić information content (AvgIpc) is 3.09. The molecule has 8 heteroatoms. The van der Waals surface area contributed by atoms with Crippen LogP contribution in [-0.2, 0) is 14.4 Å². The normalized spacial score (nSPS) is 33.5. The topological polar surface area (TPSA) is 81.2 Å². The largest absolute Gasteiger partial charge is 0.395 e. The number of benzene rings is 1. The smallest absolute Gasteiger partial charge is 0.251 e. The molecule has 5 atom stereocenters. The number of aliphatic hydroxyl groups is 1. The van der Waals surface area contributed by atoms with E-state index in [-0.39, 0.29) is 30.9 Å². The number of aliphatic hydroxyl groups excluding tert-OH is 1. The number of anilines is 1. The zero-order chi connectivity index (χ0) is 25.8. The SMILES string of the molecule is CCCN1CC=C[C@]2(C)S[C@]34C=CCN(c5c(C)cccc5C)C(=O)C3N(CCO)C(=O)[C@@H]4[C@@H]2C1=O. The second kappa shape index (κ2) is 9.06. The molecular formula is C28H35N3O4S. The summed E-state index contributed by atoms with van der Waals surface area (Å²) in [5.41, 5.74) is 2.84. The lowest BCUT2D eigenvalue weighted by Gasteiger charge is -2.37. The first kappa shape index (κ1) is 25.1. The van der Waals surface area contributed by atoms with Crippen molar-refractivity contribution in [3.05, 3.63) is 53.6 Å². The molecule has 1 N–H and O–H groups in total. The summed E-state index contributed by atoms with van der Waals surface area (Å²) < 4.78 is -1.49. The number of thioether (sulfide) groups is 1. The second-order valence-electron chi connectivity index (χ2n) is 10.5. The van der Waals surface area contributed by atoms with E-state index in [1.807, 2.05) is 69.0 Å². The molecule has 0 radical (unpaired) electrons. The van der Waals surface area contributed by atoms with Gasteiger partial charge in [0.15, 0.2) is 0 Å². The fraction of sp³-hybridized carbons (Fsp3) is 0.536. The van der Waals surface area contributed by atoms with Crippen molar-refractivity contribution in [2.45, 2.75) is 49.7 Å². The van der Waals surface area contributed by atoms with Crippen molar-refractivity contribution in [2.75, 3.05) is 37.7 Å². The van der Waals surface area contributed by atoms with E-state index in [1.54, 1.807) is 21.6 Å². The Bertz CT molecular complexity index is 1150. The Labute approximate surface area is 217 Å². The monoisotopic (exact) mass is 509 g/mol. The lowest BCUT2D eigenvalue weighted by Crippen LogP contribution is -2.54. The molecule has 0 aromatic heterocycles. The highest BCUT2D eigenvalue weighted by molar-refractivity contribution is 8.02. The van der Waals surface area contributed by atoms with E-state index in [2.05, 4.69) is 6.08 Å². The number of carbonyl (C=O) groups excluding carboxylic acids is 3. The molecule has 2 fully saturated rings. The molecule has 36 heavy (non-hydrogen) atoms. The van der Waals surface area contributed by atoms with Gasteiger partial charge in [-0.25, -0.2) is 0 Å². The van der Waals surface area contributed by atoms with Crippen LogP contribution in [-0.4, -0.2) is 80.9 Å². The summed E-state index contributed by atoms with van der Waals surface area (Å²) in [5.74, 6) is -1.63. The van der Waals surface area contributed by atoms with E-state index in [0.29, 0.717) is 19.6 Å². The molecule has 1 aromatic rings. The Morgan fingerprint density at radius 1 is 0.972 bits per heavy atom. The predicted octanol–water partition coefficient (Wildman–Crippen LogP) is 2.69. The third-order valence-corrected chi connectivity index (χ3v) is 9.98. The highest BCUT2D eigenvalue weighted by atomic mass is 32.2. The fourth-order valence-corrected chi connectivity index (χ4v) is 8.98. The van der Waals surface area contributed by atoms with Crippen LogP contribution in [0.1, 0.15) is 31.4 Å². The van der Waals surface area contributed by atoms with Crippen molar-refractivity contribution < 1.29 is 19.5 Å². The van der Waals surface area contributed by atoms with E-state index in [0.717, 1.165) is 23.2 Å². The maximum absolute atomic E-state index is 14.4. The van der Waals surface area contributed by atoms with Crippen molar-refractivity contribution >= 4 is 35.2 Å². The zero-order valence-electron chi connectivity index (χ0n) is 21.4. The van der Waals surface area contributed by atoms with Gasteiger partial charge in [-0.1, -0.05) is 49.4 Å². The summed E-state index contributed by atoms with van der Waals surface area (Å²) >= 11 is 1.58. The van der Waals surface area contributed by atoms with Gasteiger partial charge in [0.25, 0.3) is 5.91 Å². The van der Waals surface area contributed by atoms with Crippen molar-refractivity contribution in [3.63, 3.8) is 0 Å². The van der Waals surface area contributed by atoms with Gasteiger partial charge in [-0.05, 0) is 38.3 Å². The number of β-amino-alcohol motifs (C(OH)–C–C–N with tert-alkyl or cyclic N) is 1. The van der Waals surface area contributed by atoms with Crippen LogP contribution >= 0.6 is 11.8 Å². The molecule has 1 unspecified atom stereocenters. The Hall–Kier alpha value is -2.58.